The van der Waals surface area contributed by atoms with Crippen LogP contribution in [0.2, 0.25) is 10.0 Å². The van der Waals surface area contributed by atoms with Crippen LogP contribution in [0.1, 0.15) is 11.5 Å². The van der Waals surface area contributed by atoms with Crippen molar-refractivity contribution < 1.29 is 4.42 Å². The number of halogens is 2. The van der Waals surface area contributed by atoms with Crippen LogP contribution in [0.3, 0.4) is 0 Å². The Morgan fingerprint density at radius 1 is 0.667 bits per heavy atom. The minimum atomic E-state index is 0.688. The third-order valence-electron chi connectivity index (χ3n) is 6.02. The third-order valence-corrected chi connectivity index (χ3v) is 6.73. The zero-order valence-corrected chi connectivity index (χ0v) is 19.8. The molecule has 1 saturated heterocycles. The molecular weight excluding hydrogens is 453 g/mol. The lowest BCUT2D eigenvalue weighted by Gasteiger charge is -2.34. The van der Waals surface area contributed by atoms with E-state index in [0.29, 0.717) is 6.54 Å². The average Bonchev–Trinajstić information content (AvgIpc) is 3.27. The first-order valence-electron chi connectivity index (χ1n) is 11.2. The van der Waals surface area contributed by atoms with Crippen molar-refractivity contribution in [1.29, 1.82) is 0 Å². The smallest absolute Gasteiger partial charge is 0.209 e. The second-order valence-corrected chi connectivity index (χ2v) is 9.08. The van der Waals surface area contributed by atoms with E-state index in [1.807, 2.05) is 54.6 Å². The number of rotatable bonds is 6. The summed E-state index contributed by atoms with van der Waals surface area (Å²) in [6.45, 7) is 5.21. The summed E-state index contributed by atoms with van der Waals surface area (Å²) < 4.78 is 6.31. The number of hydrogen-bond acceptors (Lipinski definition) is 4. The predicted molar refractivity (Wildman–Crippen MR) is 134 cm³/mol. The molecule has 33 heavy (non-hydrogen) atoms. The van der Waals surface area contributed by atoms with Crippen molar-refractivity contribution in [3.8, 4) is 22.6 Å². The average molecular weight is 478 g/mol. The summed E-state index contributed by atoms with van der Waals surface area (Å²) >= 11 is 12.7. The molecular formula is C27H25Cl2N3O. The van der Waals surface area contributed by atoms with Crippen LogP contribution in [-0.4, -0.2) is 41.0 Å². The molecule has 0 spiro atoms. The van der Waals surface area contributed by atoms with Crippen molar-refractivity contribution in [2.75, 3.05) is 26.2 Å². The van der Waals surface area contributed by atoms with Gasteiger partial charge in [0, 0.05) is 59.5 Å². The molecule has 1 aliphatic rings. The van der Waals surface area contributed by atoms with Crippen LogP contribution in [0.4, 0.5) is 0 Å². The van der Waals surface area contributed by atoms with E-state index >= 15 is 0 Å². The second-order valence-electron chi connectivity index (χ2n) is 8.27. The number of aromatic nitrogens is 1. The normalized spacial score (nSPS) is 15.1. The maximum absolute atomic E-state index is 6.36. The van der Waals surface area contributed by atoms with Crippen LogP contribution in [0.5, 0.6) is 0 Å². The van der Waals surface area contributed by atoms with Crippen LogP contribution < -0.4 is 0 Å². The summed E-state index contributed by atoms with van der Waals surface area (Å²) in [5.41, 5.74) is 4.00. The third kappa shape index (κ3) is 5.15. The molecule has 1 aliphatic heterocycles. The van der Waals surface area contributed by atoms with Crippen molar-refractivity contribution in [3.63, 3.8) is 0 Å². The molecule has 168 valence electrons. The van der Waals surface area contributed by atoms with Crippen LogP contribution in [0.15, 0.2) is 83.3 Å². The number of nitrogens with zero attached hydrogens (tertiary/aromatic N) is 3. The van der Waals surface area contributed by atoms with Crippen LogP contribution in [0.25, 0.3) is 22.6 Å². The predicted octanol–water partition coefficient (Wildman–Crippen LogP) is 6.63. The van der Waals surface area contributed by atoms with Crippen molar-refractivity contribution in [3.05, 3.63) is 100 Å². The van der Waals surface area contributed by atoms with E-state index in [1.54, 1.807) is 0 Å². The summed E-state index contributed by atoms with van der Waals surface area (Å²) in [7, 11) is 0. The van der Waals surface area contributed by atoms with Gasteiger partial charge in [-0.2, -0.15) is 0 Å². The van der Waals surface area contributed by atoms with Gasteiger partial charge in [0.15, 0.2) is 5.76 Å². The van der Waals surface area contributed by atoms with Crippen molar-refractivity contribution >= 4 is 23.2 Å². The molecule has 6 heteroatoms. The first kappa shape index (κ1) is 22.2. The molecule has 5 rings (SSSR count). The summed E-state index contributed by atoms with van der Waals surface area (Å²) in [6.07, 6.45) is 0. The summed E-state index contributed by atoms with van der Waals surface area (Å²) in [4.78, 5) is 9.69. The van der Waals surface area contributed by atoms with Crippen molar-refractivity contribution in [1.82, 2.24) is 14.8 Å². The molecule has 0 radical (unpaired) electrons. The lowest BCUT2D eigenvalue weighted by atomic mass is 10.1. The van der Waals surface area contributed by atoms with E-state index in [0.717, 1.165) is 76.8 Å². The molecule has 4 nitrogen and oxygen atoms in total. The van der Waals surface area contributed by atoms with Gasteiger partial charge >= 0.3 is 0 Å². The first-order valence-corrected chi connectivity index (χ1v) is 11.9. The molecule has 0 aliphatic carbocycles. The van der Waals surface area contributed by atoms with Gasteiger partial charge in [-0.05, 0) is 12.1 Å². The minimum absolute atomic E-state index is 0.688. The number of piperazine rings is 1. The standard InChI is InChI=1S/C27H25Cl2N3O/c28-23-12-7-13-24(29)22(23)18-31-14-16-32(17-15-31)19-25-30-26(20-8-3-1-4-9-20)27(33-25)21-10-5-2-6-11-21/h1-13H,14-19H2. The maximum Gasteiger partial charge on any atom is 0.209 e. The molecule has 0 unspecified atom stereocenters. The van der Waals surface area contributed by atoms with Gasteiger partial charge in [-0.25, -0.2) is 4.98 Å². The highest BCUT2D eigenvalue weighted by atomic mass is 35.5. The molecule has 2 heterocycles. The van der Waals surface area contributed by atoms with Crippen molar-refractivity contribution in [2.24, 2.45) is 0 Å². The second kappa shape index (κ2) is 10.1. The first-order chi connectivity index (χ1) is 16.2. The van der Waals surface area contributed by atoms with E-state index in [-0.39, 0.29) is 0 Å². The van der Waals surface area contributed by atoms with Crippen LogP contribution in [-0.2, 0) is 13.1 Å². The highest BCUT2D eigenvalue weighted by Gasteiger charge is 2.22. The highest BCUT2D eigenvalue weighted by molar-refractivity contribution is 6.35. The maximum atomic E-state index is 6.36. The van der Waals surface area contributed by atoms with E-state index < -0.39 is 0 Å². The molecule has 0 bridgehead atoms. The Hall–Kier alpha value is -2.63. The highest BCUT2D eigenvalue weighted by Crippen LogP contribution is 2.33. The summed E-state index contributed by atoms with van der Waals surface area (Å²) in [5, 5.41) is 1.46. The Morgan fingerprint density at radius 3 is 1.82 bits per heavy atom. The Balaban J connectivity index is 1.29. The Labute approximate surface area is 204 Å². The quantitative estimate of drug-likeness (QED) is 0.311. The molecule has 4 aromatic rings. The SMILES string of the molecule is Clc1cccc(Cl)c1CN1CCN(Cc2nc(-c3ccccc3)c(-c3ccccc3)o2)CC1. The summed E-state index contributed by atoms with van der Waals surface area (Å²) in [6, 6.07) is 26.1. The Bertz CT molecular complexity index is 1130. The summed E-state index contributed by atoms with van der Waals surface area (Å²) in [5.74, 6) is 1.57. The van der Waals surface area contributed by atoms with E-state index in [1.165, 1.54) is 0 Å². The van der Waals surface area contributed by atoms with Gasteiger partial charge in [-0.15, -0.1) is 0 Å². The monoisotopic (exact) mass is 477 g/mol. The van der Waals surface area contributed by atoms with Gasteiger partial charge in [-0.1, -0.05) is 89.9 Å². The fourth-order valence-corrected chi connectivity index (χ4v) is 4.73. The fraction of sp³-hybridized carbons (Fsp3) is 0.222. The van der Waals surface area contributed by atoms with Crippen LogP contribution >= 0.6 is 23.2 Å². The molecule has 0 atom stereocenters. The van der Waals surface area contributed by atoms with Crippen molar-refractivity contribution in [2.45, 2.75) is 13.1 Å². The van der Waals surface area contributed by atoms with Gasteiger partial charge in [0.2, 0.25) is 5.89 Å². The van der Waals surface area contributed by atoms with Crippen LogP contribution in [0, 0.1) is 0 Å². The Morgan fingerprint density at radius 2 is 1.21 bits per heavy atom. The topological polar surface area (TPSA) is 32.5 Å². The Kier molecular flexibility index (Phi) is 6.79. The van der Waals surface area contributed by atoms with Gasteiger partial charge < -0.3 is 4.42 Å². The van der Waals surface area contributed by atoms with E-state index in [2.05, 4.69) is 34.1 Å². The fourth-order valence-electron chi connectivity index (χ4n) is 4.21. The van der Waals surface area contributed by atoms with Gasteiger partial charge in [0.05, 0.1) is 6.54 Å². The van der Waals surface area contributed by atoms with Gasteiger partial charge in [0.1, 0.15) is 5.69 Å². The number of hydrogen-bond donors (Lipinski definition) is 0. The molecule has 1 aromatic heterocycles. The van der Waals surface area contributed by atoms with Gasteiger partial charge in [-0.3, -0.25) is 9.80 Å². The molecule has 3 aromatic carbocycles. The van der Waals surface area contributed by atoms with E-state index in [9.17, 15) is 0 Å². The number of benzene rings is 3. The molecule has 0 saturated carbocycles. The van der Waals surface area contributed by atoms with E-state index in [4.69, 9.17) is 32.6 Å². The minimum Gasteiger partial charge on any atom is -0.439 e. The zero-order chi connectivity index (χ0) is 22.6. The molecule has 0 N–H and O–H groups in total. The zero-order valence-electron chi connectivity index (χ0n) is 18.3. The largest absolute Gasteiger partial charge is 0.439 e. The van der Waals surface area contributed by atoms with Gasteiger partial charge in [0.25, 0.3) is 0 Å². The molecule has 0 amide bonds. The number of oxazole rings is 1. The lowest BCUT2D eigenvalue weighted by Crippen LogP contribution is -2.45. The molecule has 1 fully saturated rings. The lowest BCUT2D eigenvalue weighted by molar-refractivity contribution is 0.115.